The van der Waals surface area contributed by atoms with Crippen molar-refractivity contribution in [2.24, 2.45) is 11.8 Å². The first kappa shape index (κ1) is 13.7. The van der Waals surface area contributed by atoms with Crippen LogP contribution in [0, 0.1) is 11.8 Å². The zero-order valence-electron chi connectivity index (χ0n) is 9.65. The van der Waals surface area contributed by atoms with E-state index < -0.39 is 11.9 Å². The first-order valence-corrected chi connectivity index (χ1v) is 5.94. The van der Waals surface area contributed by atoms with Gasteiger partial charge in [0.25, 0.3) is 0 Å². The number of Topliss-reactive ketones (excluding diaryl/α,β-unsaturated/α-hetero) is 1. The Balaban J connectivity index is 2.44. The minimum absolute atomic E-state index is 0.0127. The lowest BCUT2D eigenvalue weighted by atomic mass is 9.76. The first-order valence-electron chi connectivity index (χ1n) is 5.94. The zero-order chi connectivity index (χ0) is 12.8. The van der Waals surface area contributed by atoms with Gasteiger partial charge in [-0.3, -0.25) is 4.79 Å². The van der Waals surface area contributed by atoms with Crippen LogP contribution in [0.1, 0.15) is 44.9 Å². The van der Waals surface area contributed by atoms with Crippen LogP contribution < -0.4 is 10.2 Å². The van der Waals surface area contributed by atoms with Gasteiger partial charge in [0.15, 0.2) is 0 Å². The van der Waals surface area contributed by atoms with E-state index in [-0.39, 0.29) is 30.5 Å². The minimum atomic E-state index is -1.14. The lowest BCUT2D eigenvalue weighted by Gasteiger charge is -2.28. The monoisotopic (exact) mass is 240 g/mol. The van der Waals surface area contributed by atoms with Crippen LogP contribution in [-0.4, -0.2) is 17.7 Å². The van der Waals surface area contributed by atoms with Gasteiger partial charge in [0.05, 0.1) is 0 Å². The van der Waals surface area contributed by atoms with E-state index >= 15 is 0 Å². The van der Waals surface area contributed by atoms with Gasteiger partial charge in [0.2, 0.25) is 0 Å². The van der Waals surface area contributed by atoms with Crippen LogP contribution in [0.15, 0.2) is 0 Å². The largest absolute Gasteiger partial charge is 0.550 e. The quantitative estimate of drug-likeness (QED) is 0.595. The molecule has 0 unspecified atom stereocenters. The van der Waals surface area contributed by atoms with Gasteiger partial charge < -0.3 is 19.8 Å². The highest BCUT2D eigenvalue weighted by Crippen LogP contribution is 2.31. The summed E-state index contributed by atoms with van der Waals surface area (Å²) in [6, 6.07) is 0. The number of carbonyl (C=O) groups excluding carboxylic acids is 3. The summed E-state index contributed by atoms with van der Waals surface area (Å²) in [5, 5.41) is 20.7. The average molecular weight is 240 g/mol. The maximum atomic E-state index is 11.9. The second kappa shape index (κ2) is 6.37. The molecule has 17 heavy (non-hydrogen) atoms. The summed E-state index contributed by atoms with van der Waals surface area (Å²) >= 11 is 0. The molecule has 0 saturated heterocycles. The highest BCUT2D eigenvalue weighted by molar-refractivity contribution is 5.84. The minimum Gasteiger partial charge on any atom is -0.550 e. The third-order valence-electron chi connectivity index (χ3n) is 3.30. The molecule has 5 nitrogen and oxygen atoms in total. The molecule has 1 fully saturated rings. The van der Waals surface area contributed by atoms with Crippen LogP contribution in [0.4, 0.5) is 0 Å². The molecule has 2 atom stereocenters. The number of hydrogen-bond donors (Lipinski definition) is 0. The molecule has 0 spiro atoms. The summed E-state index contributed by atoms with van der Waals surface area (Å²) in [5.41, 5.74) is 0. The summed E-state index contributed by atoms with van der Waals surface area (Å²) < 4.78 is 0. The fourth-order valence-electron chi connectivity index (χ4n) is 2.39. The normalized spacial score (nSPS) is 24.6. The molecule has 0 aromatic heterocycles. The molecule has 0 N–H and O–H groups in total. The van der Waals surface area contributed by atoms with E-state index in [1.54, 1.807) is 0 Å². The van der Waals surface area contributed by atoms with Crippen molar-refractivity contribution < 1.29 is 24.6 Å². The maximum Gasteiger partial charge on any atom is 0.139 e. The van der Waals surface area contributed by atoms with E-state index in [1.165, 1.54) is 0 Å². The van der Waals surface area contributed by atoms with E-state index in [9.17, 15) is 24.6 Å². The third kappa shape index (κ3) is 4.54. The summed E-state index contributed by atoms with van der Waals surface area (Å²) in [6.45, 7) is 0. The van der Waals surface area contributed by atoms with E-state index in [2.05, 4.69) is 0 Å². The predicted molar refractivity (Wildman–Crippen MR) is 54.3 cm³/mol. The summed E-state index contributed by atoms with van der Waals surface area (Å²) in [5.74, 6) is -2.76. The van der Waals surface area contributed by atoms with E-state index in [1.807, 2.05) is 0 Å². The van der Waals surface area contributed by atoms with E-state index in [0.29, 0.717) is 25.7 Å². The number of hydrogen-bond acceptors (Lipinski definition) is 5. The Labute approximate surface area is 99.8 Å². The fraction of sp³-hybridized carbons (Fsp3) is 0.750. The molecule has 1 aliphatic rings. The second-order valence-corrected chi connectivity index (χ2v) is 4.55. The fourth-order valence-corrected chi connectivity index (χ4v) is 2.39. The van der Waals surface area contributed by atoms with Crippen LogP contribution in [0.5, 0.6) is 0 Å². The van der Waals surface area contributed by atoms with E-state index in [0.717, 1.165) is 6.42 Å². The van der Waals surface area contributed by atoms with Gasteiger partial charge in [-0.15, -0.1) is 0 Å². The molecule has 0 heterocycles. The van der Waals surface area contributed by atoms with E-state index in [4.69, 9.17) is 0 Å². The van der Waals surface area contributed by atoms with Crippen molar-refractivity contribution in [3.63, 3.8) is 0 Å². The molecule has 0 aliphatic heterocycles. The van der Waals surface area contributed by atoms with Crippen molar-refractivity contribution in [1.29, 1.82) is 0 Å². The van der Waals surface area contributed by atoms with Crippen molar-refractivity contribution in [1.82, 2.24) is 0 Å². The van der Waals surface area contributed by atoms with Gasteiger partial charge in [-0.05, 0) is 38.5 Å². The van der Waals surface area contributed by atoms with Crippen molar-refractivity contribution in [3.05, 3.63) is 0 Å². The van der Waals surface area contributed by atoms with Gasteiger partial charge in [0.1, 0.15) is 5.78 Å². The molecule has 1 aliphatic carbocycles. The standard InChI is InChI=1S/C12H18O5/c13-10(14)6-4-8-2-1-3-9(12(8)17)5-7-11(15)16/h8-9H,1-7H2,(H,13,14)(H,15,16)/p-2/t8-,9-/m1/s1. The maximum absolute atomic E-state index is 11.9. The first-order chi connectivity index (χ1) is 8.00. The molecule has 96 valence electrons. The Morgan fingerprint density at radius 1 is 1.00 bits per heavy atom. The van der Waals surface area contributed by atoms with Crippen LogP contribution >= 0.6 is 0 Å². The van der Waals surface area contributed by atoms with Crippen LogP contribution in [0.25, 0.3) is 0 Å². The summed E-state index contributed by atoms with van der Waals surface area (Å²) in [6.07, 6.45) is 2.65. The van der Waals surface area contributed by atoms with Gasteiger partial charge in [0, 0.05) is 23.8 Å². The number of rotatable bonds is 6. The van der Waals surface area contributed by atoms with Crippen LogP contribution in [0.3, 0.4) is 0 Å². The smallest absolute Gasteiger partial charge is 0.139 e. The molecule has 1 saturated carbocycles. The second-order valence-electron chi connectivity index (χ2n) is 4.55. The highest BCUT2D eigenvalue weighted by atomic mass is 16.4. The summed E-state index contributed by atoms with van der Waals surface area (Å²) in [4.78, 5) is 32.6. The number of ketones is 1. The third-order valence-corrected chi connectivity index (χ3v) is 3.30. The molecule has 0 radical (unpaired) electrons. The van der Waals surface area contributed by atoms with Gasteiger partial charge >= 0.3 is 0 Å². The molecule has 0 aromatic rings. The SMILES string of the molecule is O=C([O-])CC[C@H]1CCC[C@H](CCC(=O)[O-])C1=O. The molecule has 0 amide bonds. The molecule has 5 heteroatoms. The number of carboxylic acid groups (broad SMARTS) is 2. The number of carboxylic acids is 2. The molecule has 0 bridgehead atoms. The van der Waals surface area contributed by atoms with Crippen molar-refractivity contribution in [2.75, 3.05) is 0 Å². The van der Waals surface area contributed by atoms with Gasteiger partial charge in [-0.2, -0.15) is 0 Å². The summed E-state index contributed by atoms with van der Waals surface area (Å²) in [7, 11) is 0. The van der Waals surface area contributed by atoms with Gasteiger partial charge in [-0.1, -0.05) is 6.42 Å². The Kier molecular flexibility index (Phi) is 5.12. The zero-order valence-corrected chi connectivity index (χ0v) is 9.65. The predicted octanol–water partition coefficient (Wildman–Crippen LogP) is -0.968. The lowest BCUT2D eigenvalue weighted by molar-refractivity contribution is -0.307. The Morgan fingerprint density at radius 2 is 1.41 bits per heavy atom. The van der Waals surface area contributed by atoms with Crippen molar-refractivity contribution in [3.8, 4) is 0 Å². The Morgan fingerprint density at radius 3 is 1.76 bits per heavy atom. The van der Waals surface area contributed by atoms with Gasteiger partial charge in [-0.25, -0.2) is 0 Å². The van der Waals surface area contributed by atoms with Crippen molar-refractivity contribution >= 4 is 17.7 Å². The topological polar surface area (TPSA) is 97.3 Å². The molecule has 1 rings (SSSR count). The molecular formula is C12H16O5-2. The Bertz CT molecular complexity index is 282. The van der Waals surface area contributed by atoms with Crippen molar-refractivity contribution in [2.45, 2.75) is 44.9 Å². The molecular weight excluding hydrogens is 224 g/mol. The number of carbonyl (C=O) groups is 3. The molecule has 0 aromatic carbocycles. The average Bonchev–Trinajstić information content (AvgIpc) is 2.25. The highest BCUT2D eigenvalue weighted by Gasteiger charge is 2.30. The number of aliphatic carboxylic acids is 2. The van der Waals surface area contributed by atoms with Crippen LogP contribution in [0.2, 0.25) is 0 Å². The lowest BCUT2D eigenvalue weighted by Crippen LogP contribution is -2.32. The Hall–Kier alpha value is -1.39. The van der Waals surface area contributed by atoms with Crippen LogP contribution in [-0.2, 0) is 14.4 Å².